The molecule has 8 heteroatoms. The summed E-state index contributed by atoms with van der Waals surface area (Å²) in [6.45, 7) is 22.5. The topological polar surface area (TPSA) is 76.5 Å². The molecule has 0 saturated heterocycles. The summed E-state index contributed by atoms with van der Waals surface area (Å²) in [7, 11) is -3.96. The van der Waals surface area contributed by atoms with Gasteiger partial charge in [-0.2, -0.15) is 0 Å². The molecule has 1 aliphatic heterocycles. The van der Waals surface area contributed by atoms with Crippen LogP contribution in [-0.4, -0.2) is 41.5 Å². The van der Waals surface area contributed by atoms with Gasteiger partial charge in [-0.15, -0.1) is 0 Å². The van der Waals surface area contributed by atoms with Crippen molar-refractivity contribution in [3.05, 3.63) is 22.8 Å². The number of rotatable bonds is 6. The quantitative estimate of drug-likeness (QED) is 0.238. The van der Waals surface area contributed by atoms with Crippen LogP contribution in [0.1, 0.15) is 41.5 Å². The molecule has 1 heterocycles. The Kier molecular flexibility index (Phi) is 7.21. The van der Waals surface area contributed by atoms with Gasteiger partial charge in [0.2, 0.25) is 0 Å². The minimum atomic E-state index is -2.06. The molecule has 0 aromatic heterocycles. The molecule has 0 bridgehead atoms. The summed E-state index contributed by atoms with van der Waals surface area (Å²) < 4.78 is 18.8. The molecule has 3 atom stereocenters. The van der Waals surface area contributed by atoms with Crippen molar-refractivity contribution in [2.45, 2.75) is 96.1 Å². The summed E-state index contributed by atoms with van der Waals surface area (Å²) >= 11 is 0. The zero-order valence-corrected chi connectivity index (χ0v) is 20.2. The van der Waals surface area contributed by atoms with Crippen LogP contribution in [-0.2, 0) is 13.6 Å². The number of azide groups is 1. The van der Waals surface area contributed by atoms with Crippen molar-refractivity contribution in [3.63, 3.8) is 0 Å². The van der Waals surface area contributed by atoms with Gasteiger partial charge in [0, 0.05) is 4.91 Å². The normalized spacial score (nSPS) is 24.8. The summed E-state index contributed by atoms with van der Waals surface area (Å²) in [6.07, 6.45) is 2.78. The predicted molar refractivity (Wildman–Crippen MR) is 112 cm³/mol. The Morgan fingerprint density at radius 3 is 2.04 bits per heavy atom. The van der Waals surface area contributed by atoms with Crippen LogP contribution in [0.4, 0.5) is 0 Å². The van der Waals surface area contributed by atoms with E-state index >= 15 is 0 Å². The molecule has 0 saturated carbocycles. The lowest BCUT2D eigenvalue weighted by atomic mass is 10.1. The van der Waals surface area contributed by atoms with Crippen LogP contribution in [0.2, 0.25) is 36.3 Å². The zero-order chi connectivity index (χ0) is 20.4. The highest BCUT2D eigenvalue weighted by Gasteiger charge is 2.45. The highest BCUT2D eigenvalue weighted by atomic mass is 28.4. The molecule has 0 aliphatic carbocycles. The monoisotopic (exact) mass is 399 g/mol. The van der Waals surface area contributed by atoms with Crippen molar-refractivity contribution in [3.8, 4) is 0 Å². The second-order valence-corrected chi connectivity index (χ2v) is 19.7. The van der Waals surface area contributed by atoms with E-state index in [-0.39, 0.29) is 28.3 Å². The molecule has 26 heavy (non-hydrogen) atoms. The van der Waals surface area contributed by atoms with Crippen molar-refractivity contribution in [2.24, 2.45) is 5.11 Å². The first-order valence-electron chi connectivity index (χ1n) is 9.30. The van der Waals surface area contributed by atoms with Crippen LogP contribution in [0, 0.1) is 0 Å². The molecule has 0 unspecified atom stereocenters. The Bertz CT molecular complexity index is 559. The van der Waals surface area contributed by atoms with Crippen LogP contribution >= 0.6 is 0 Å². The summed E-state index contributed by atoms with van der Waals surface area (Å²) in [6, 6.07) is -0.379. The third-order valence-electron chi connectivity index (χ3n) is 6.07. The molecule has 0 N–H and O–H groups in total. The minimum absolute atomic E-state index is 0.0555. The van der Waals surface area contributed by atoms with Crippen molar-refractivity contribution < 1.29 is 13.6 Å². The number of ether oxygens (including phenoxy) is 1. The molecule has 0 aromatic rings. The highest BCUT2D eigenvalue weighted by Crippen LogP contribution is 2.40. The number of hydrogen-bond acceptors (Lipinski definition) is 4. The lowest BCUT2D eigenvalue weighted by Gasteiger charge is -2.44. The van der Waals surface area contributed by atoms with Crippen LogP contribution in [0.5, 0.6) is 0 Å². The third kappa shape index (κ3) is 5.60. The maximum atomic E-state index is 8.96. The van der Waals surface area contributed by atoms with Crippen LogP contribution in [0.25, 0.3) is 10.4 Å². The predicted octanol–water partition coefficient (Wildman–Crippen LogP) is 5.99. The smallest absolute Gasteiger partial charge is 0.192 e. The maximum Gasteiger partial charge on any atom is 0.192 e. The van der Waals surface area contributed by atoms with E-state index in [0.29, 0.717) is 6.61 Å². The lowest BCUT2D eigenvalue weighted by molar-refractivity contribution is -0.0293. The first-order chi connectivity index (χ1) is 11.6. The standard InChI is InChI=1S/C18H37N3O3Si2/c1-17(2,3)25(7,8)23-13-15-16(14(20-21-19)11-12-22-15)24-26(9,10)18(4,5)6/h11-12,14-16H,13H2,1-10H3/t14-,15+,16-/m0/s1. The molecule has 0 aromatic carbocycles. The first-order valence-corrected chi connectivity index (χ1v) is 15.1. The zero-order valence-electron chi connectivity index (χ0n) is 18.2. The van der Waals surface area contributed by atoms with Crippen molar-refractivity contribution in [1.29, 1.82) is 0 Å². The van der Waals surface area contributed by atoms with Gasteiger partial charge >= 0.3 is 0 Å². The molecule has 0 radical (unpaired) electrons. The molecular formula is C18H37N3O3Si2. The van der Waals surface area contributed by atoms with Gasteiger partial charge in [0.1, 0.15) is 6.10 Å². The summed E-state index contributed by atoms with van der Waals surface area (Å²) in [4.78, 5) is 3.01. The average Bonchev–Trinajstić information content (AvgIpc) is 2.45. The molecule has 6 nitrogen and oxygen atoms in total. The van der Waals surface area contributed by atoms with E-state index in [1.54, 1.807) is 12.3 Å². The Hall–Kier alpha value is -0.796. The van der Waals surface area contributed by atoms with Gasteiger partial charge < -0.3 is 13.6 Å². The molecule has 1 aliphatic rings. The van der Waals surface area contributed by atoms with E-state index in [9.17, 15) is 0 Å². The number of hydrogen-bond donors (Lipinski definition) is 0. The molecule has 0 spiro atoms. The van der Waals surface area contributed by atoms with Gasteiger partial charge in [-0.05, 0) is 47.9 Å². The fraction of sp³-hybridized carbons (Fsp3) is 0.889. The molecular weight excluding hydrogens is 362 g/mol. The van der Waals surface area contributed by atoms with Crippen LogP contribution in [0.15, 0.2) is 17.5 Å². The SMILES string of the molecule is CC(C)(C)[Si](C)(C)OC[C@H]1OC=C[C@H](N=[N+]=[N-])[C@@H]1O[Si](C)(C)C(C)(C)C. The summed E-state index contributed by atoms with van der Waals surface area (Å²) in [5, 5.41) is 4.12. The second-order valence-electron chi connectivity index (χ2n) is 10.1. The van der Waals surface area contributed by atoms with E-state index in [4.69, 9.17) is 19.1 Å². The lowest BCUT2D eigenvalue weighted by Crippen LogP contribution is -2.54. The Labute approximate surface area is 161 Å². The Balaban J connectivity index is 3.04. The van der Waals surface area contributed by atoms with Gasteiger partial charge in [-0.3, -0.25) is 0 Å². The number of nitrogens with zero attached hydrogens (tertiary/aromatic N) is 3. The van der Waals surface area contributed by atoms with Gasteiger partial charge in [0.25, 0.3) is 0 Å². The molecule has 1 rings (SSSR count). The fourth-order valence-electron chi connectivity index (χ4n) is 2.10. The van der Waals surface area contributed by atoms with Crippen molar-refractivity contribution in [1.82, 2.24) is 0 Å². The van der Waals surface area contributed by atoms with E-state index in [1.165, 1.54) is 0 Å². The van der Waals surface area contributed by atoms with Gasteiger partial charge in [-0.1, -0.05) is 46.7 Å². The summed E-state index contributed by atoms with van der Waals surface area (Å²) in [5.74, 6) is 0. The minimum Gasteiger partial charge on any atom is -0.493 e. The molecule has 150 valence electrons. The average molecular weight is 400 g/mol. The first kappa shape index (κ1) is 23.2. The van der Waals surface area contributed by atoms with Crippen molar-refractivity contribution >= 4 is 16.6 Å². The van der Waals surface area contributed by atoms with Gasteiger partial charge in [0.15, 0.2) is 16.6 Å². The molecule has 0 fully saturated rings. The maximum absolute atomic E-state index is 8.96. The summed E-state index contributed by atoms with van der Waals surface area (Å²) in [5.41, 5.74) is 8.96. The second kappa shape index (κ2) is 8.06. The van der Waals surface area contributed by atoms with E-state index in [2.05, 4.69) is 77.8 Å². The molecule has 0 amide bonds. The Morgan fingerprint density at radius 2 is 1.58 bits per heavy atom. The van der Waals surface area contributed by atoms with Crippen LogP contribution in [0.3, 0.4) is 0 Å². The highest BCUT2D eigenvalue weighted by molar-refractivity contribution is 6.74. The third-order valence-corrected chi connectivity index (χ3v) is 15.0. The van der Waals surface area contributed by atoms with E-state index in [0.717, 1.165) is 0 Å². The van der Waals surface area contributed by atoms with Gasteiger partial charge in [-0.25, -0.2) is 0 Å². The van der Waals surface area contributed by atoms with Crippen molar-refractivity contribution in [2.75, 3.05) is 6.61 Å². The largest absolute Gasteiger partial charge is 0.493 e. The van der Waals surface area contributed by atoms with E-state index < -0.39 is 16.6 Å². The Morgan fingerprint density at radius 1 is 1.04 bits per heavy atom. The van der Waals surface area contributed by atoms with Gasteiger partial charge in [0.05, 0.1) is 25.0 Å². The van der Waals surface area contributed by atoms with E-state index in [1.807, 2.05) is 0 Å². The fourth-order valence-corrected chi connectivity index (χ4v) is 4.44. The van der Waals surface area contributed by atoms with Crippen LogP contribution < -0.4 is 0 Å².